The summed E-state index contributed by atoms with van der Waals surface area (Å²) in [6, 6.07) is 3.77. The van der Waals surface area contributed by atoms with Gasteiger partial charge in [-0.15, -0.1) is 0 Å². The Hall–Kier alpha value is -1.70. The van der Waals surface area contributed by atoms with Crippen LogP contribution in [-0.4, -0.2) is 40.0 Å². The molecule has 2 rings (SSSR count). The van der Waals surface area contributed by atoms with Crippen molar-refractivity contribution in [3.8, 4) is 5.75 Å². The van der Waals surface area contributed by atoms with E-state index in [2.05, 4.69) is 5.32 Å². The zero-order chi connectivity index (χ0) is 14.9. The highest BCUT2D eigenvalue weighted by Crippen LogP contribution is 2.41. The highest BCUT2D eigenvalue weighted by Gasteiger charge is 2.43. The molecule has 7 heteroatoms. The van der Waals surface area contributed by atoms with E-state index in [9.17, 15) is 15.2 Å². The Morgan fingerprint density at radius 3 is 2.80 bits per heavy atom. The van der Waals surface area contributed by atoms with Crippen LogP contribution < -0.4 is 10.1 Å². The summed E-state index contributed by atoms with van der Waals surface area (Å²) in [4.78, 5) is 10.4. The maximum absolute atomic E-state index is 10.9. The lowest BCUT2D eigenvalue weighted by molar-refractivity contribution is -0.385. The van der Waals surface area contributed by atoms with Gasteiger partial charge in [0.25, 0.3) is 5.69 Å². The van der Waals surface area contributed by atoms with Crippen molar-refractivity contribution in [3.63, 3.8) is 0 Å². The highest BCUT2D eigenvalue weighted by atomic mass is 16.6. The molecule has 1 aliphatic rings. The fourth-order valence-electron chi connectivity index (χ4n) is 2.34. The van der Waals surface area contributed by atoms with E-state index < -0.39 is 22.7 Å². The molecule has 0 radical (unpaired) electrons. The molecule has 0 fully saturated rings. The molecule has 0 saturated carbocycles. The number of aliphatic hydroxyl groups excluding tert-OH is 2. The second-order valence-electron chi connectivity index (χ2n) is 5.28. The Labute approximate surface area is 116 Å². The van der Waals surface area contributed by atoms with Gasteiger partial charge < -0.3 is 20.3 Å². The van der Waals surface area contributed by atoms with Crippen molar-refractivity contribution in [2.75, 3.05) is 13.2 Å². The molecule has 1 aromatic rings. The number of nitro benzene ring substituents is 1. The van der Waals surface area contributed by atoms with E-state index in [1.165, 1.54) is 18.2 Å². The quantitative estimate of drug-likeness (QED) is 0.556. The predicted octanol–water partition coefficient (Wildman–Crippen LogP) is 0.750. The first-order valence-electron chi connectivity index (χ1n) is 6.36. The van der Waals surface area contributed by atoms with Gasteiger partial charge in [-0.3, -0.25) is 10.1 Å². The van der Waals surface area contributed by atoms with Gasteiger partial charge in [-0.05, 0) is 19.9 Å². The number of fused-ring (bicyclic) bond motifs is 1. The maximum Gasteiger partial charge on any atom is 0.270 e. The minimum absolute atomic E-state index is 0.0601. The molecular formula is C13H18N2O5. The molecule has 7 nitrogen and oxygen atoms in total. The lowest BCUT2D eigenvalue weighted by atomic mass is 9.86. The van der Waals surface area contributed by atoms with Gasteiger partial charge in [0, 0.05) is 24.2 Å². The van der Waals surface area contributed by atoms with Gasteiger partial charge in [-0.1, -0.05) is 0 Å². The van der Waals surface area contributed by atoms with Crippen LogP contribution in [0.2, 0.25) is 0 Å². The van der Waals surface area contributed by atoms with Gasteiger partial charge in [-0.25, -0.2) is 0 Å². The smallest absolute Gasteiger partial charge is 0.270 e. The monoisotopic (exact) mass is 282 g/mol. The number of hydrogen-bond acceptors (Lipinski definition) is 6. The van der Waals surface area contributed by atoms with Crippen molar-refractivity contribution < 1.29 is 19.9 Å². The number of rotatable bonds is 4. The van der Waals surface area contributed by atoms with Gasteiger partial charge in [0.2, 0.25) is 0 Å². The van der Waals surface area contributed by atoms with E-state index in [-0.39, 0.29) is 18.8 Å². The van der Waals surface area contributed by atoms with Gasteiger partial charge in [-0.2, -0.15) is 0 Å². The van der Waals surface area contributed by atoms with E-state index in [4.69, 9.17) is 9.84 Å². The van der Waals surface area contributed by atoms with Gasteiger partial charge in [0.15, 0.2) is 0 Å². The minimum Gasteiger partial charge on any atom is -0.485 e. The second-order valence-corrected chi connectivity index (χ2v) is 5.28. The van der Waals surface area contributed by atoms with Crippen LogP contribution in [-0.2, 0) is 0 Å². The number of ether oxygens (including phenoxy) is 1. The van der Waals surface area contributed by atoms with Crippen LogP contribution in [0.25, 0.3) is 0 Å². The van der Waals surface area contributed by atoms with Gasteiger partial charge >= 0.3 is 0 Å². The van der Waals surface area contributed by atoms with Crippen LogP contribution in [0.4, 0.5) is 5.69 Å². The fourth-order valence-corrected chi connectivity index (χ4v) is 2.34. The largest absolute Gasteiger partial charge is 0.485 e. The Bertz CT molecular complexity index is 517. The summed E-state index contributed by atoms with van der Waals surface area (Å²) in [5, 5.41) is 33.1. The summed E-state index contributed by atoms with van der Waals surface area (Å²) in [6.07, 6.45) is -0.886. The first-order chi connectivity index (χ1) is 9.36. The van der Waals surface area contributed by atoms with Crippen LogP contribution in [0.5, 0.6) is 5.75 Å². The third-order valence-corrected chi connectivity index (χ3v) is 3.42. The molecule has 1 aromatic carbocycles. The predicted molar refractivity (Wildman–Crippen MR) is 71.6 cm³/mol. The third-order valence-electron chi connectivity index (χ3n) is 3.42. The number of nitro groups is 1. The number of hydrogen-bond donors (Lipinski definition) is 3. The van der Waals surface area contributed by atoms with Gasteiger partial charge in [0.1, 0.15) is 17.5 Å². The molecule has 0 spiro atoms. The number of nitrogens with one attached hydrogen (secondary N) is 1. The molecule has 2 atom stereocenters. The second kappa shape index (κ2) is 5.35. The molecular weight excluding hydrogens is 264 g/mol. The molecule has 1 heterocycles. The van der Waals surface area contributed by atoms with Crippen molar-refractivity contribution in [2.24, 2.45) is 0 Å². The number of benzene rings is 1. The highest BCUT2D eigenvalue weighted by molar-refractivity contribution is 5.48. The van der Waals surface area contributed by atoms with Crippen molar-refractivity contribution in [2.45, 2.75) is 31.6 Å². The number of nitrogens with zero attached hydrogens (tertiary/aromatic N) is 1. The fraction of sp³-hybridized carbons (Fsp3) is 0.538. The molecule has 0 aromatic heterocycles. The molecule has 0 amide bonds. The van der Waals surface area contributed by atoms with Crippen LogP contribution in [0.15, 0.2) is 18.2 Å². The Morgan fingerprint density at radius 1 is 1.50 bits per heavy atom. The standard InChI is InChI=1S/C13H18N2O5/c1-13(2)12(17)11(14-5-6-16)9-7-8(15(18)19)3-4-10(9)20-13/h3-4,7,11-12,14,16-17H,5-6H2,1-2H3/t11-,12+/m1/s1. The van der Waals surface area contributed by atoms with Crippen molar-refractivity contribution >= 4 is 5.69 Å². The zero-order valence-electron chi connectivity index (χ0n) is 11.4. The Balaban J connectivity index is 2.45. The molecule has 3 N–H and O–H groups in total. The molecule has 1 aliphatic heterocycles. The average Bonchev–Trinajstić information content (AvgIpc) is 2.38. The number of non-ortho nitro benzene ring substituents is 1. The van der Waals surface area contributed by atoms with Crippen LogP contribution in [0.3, 0.4) is 0 Å². The number of aliphatic hydroxyl groups is 2. The third kappa shape index (κ3) is 2.60. The lowest BCUT2D eigenvalue weighted by Gasteiger charge is -2.42. The summed E-state index contributed by atoms with van der Waals surface area (Å²) in [6.45, 7) is 3.68. The molecule has 0 aliphatic carbocycles. The Kier molecular flexibility index (Phi) is 3.94. The SMILES string of the molecule is CC1(C)Oc2ccc([N+](=O)[O-])cc2[C@@H](NCCO)[C@@H]1O. The first-order valence-corrected chi connectivity index (χ1v) is 6.36. The van der Waals surface area contributed by atoms with Crippen molar-refractivity contribution in [1.29, 1.82) is 0 Å². The summed E-state index contributed by atoms with van der Waals surface area (Å²) >= 11 is 0. The zero-order valence-corrected chi connectivity index (χ0v) is 11.4. The van der Waals surface area contributed by atoms with Crippen LogP contribution in [0, 0.1) is 10.1 Å². The van der Waals surface area contributed by atoms with Gasteiger partial charge in [0.05, 0.1) is 17.6 Å². The van der Waals surface area contributed by atoms with E-state index in [1.54, 1.807) is 13.8 Å². The van der Waals surface area contributed by atoms with Crippen molar-refractivity contribution in [1.82, 2.24) is 5.32 Å². The average molecular weight is 282 g/mol. The van der Waals surface area contributed by atoms with Crippen LogP contribution >= 0.6 is 0 Å². The summed E-state index contributed by atoms with van der Waals surface area (Å²) < 4.78 is 5.70. The molecule has 0 saturated heterocycles. The maximum atomic E-state index is 10.9. The van der Waals surface area contributed by atoms with E-state index >= 15 is 0 Å². The lowest BCUT2D eigenvalue weighted by Crippen LogP contribution is -2.52. The van der Waals surface area contributed by atoms with E-state index in [0.717, 1.165) is 0 Å². The summed E-state index contributed by atoms with van der Waals surface area (Å²) in [5.74, 6) is 0.501. The molecule has 0 bridgehead atoms. The normalized spacial score (nSPS) is 23.8. The van der Waals surface area contributed by atoms with E-state index in [0.29, 0.717) is 11.3 Å². The summed E-state index contributed by atoms with van der Waals surface area (Å²) in [5.41, 5.74) is -0.356. The summed E-state index contributed by atoms with van der Waals surface area (Å²) in [7, 11) is 0. The molecule has 110 valence electrons. The minimum atomic E-state index is -0.886. The van der Waals surface area contributed by atoms with Crippen molar-refractivity contribution in [3.05, 3.63) is 33.9 Å². The van der Waals surface area contributed by atoms with E-state index in [1.807, 2.05) is 0 Å². The van der Waals surface area contributed by atoms with Crippen LogP contribution in [0.1, 0.15) is 25.5 Å². The topological polar surface area (TPSA) is 105 Å². The molecule has 20 heavy (non-hydrogen) atoms. The molecule has 0 unspecified atom stereocenters. The first kappa shape index (κ1) is 14.7. The Morgan fingerprint density at radius 2 is 2.20 bits per heavy atom.